The topological polar surface area (TPSA) is 90.0 Å². The Morgan fingerprint density at radius 3 is 2.75 bits per heavy atom. The maximum absolute atomic E-state index is 12.7. The maximum atomic E-state index is 12.7. The lowest BCUT2D eigenvalue weighted by Gasteiger charge is -2.18. The number of nitrogens with two attached hydrogens (primary N) is 1. The molecule has 2 aromatic rings. The van der Waals surface area contributed by atoms with Crippen molar-refractivity contribution in [2.75, 3.05) is 5.32 Å². The van der Waals surface area contributed by atoms with Gasteiger partial charge in [0.25, 0.3) is 11.8 Å². The van der Waals surface area contributed by atoms with E-state index in [2.05, 4.69) is 33.3 Å². The van der Waals surface area contributed by atoms with E-state index in [0.29, 0.717) is 26.6 Å². The number of amides is 2. The number of carbonyl (C=O) groups excluding carboxylic acids is 2. The standard InChI is InChI=1S/C16H19BrN4O2S/c1-7-4-5-9-10(6-7)24-16(11(9)14(18)22)19-15(23)13-12(17)8(2)20-21(13)3/h7H,4-6H2,1-3H3,(H2,18,22)(H,19,23). The molecule has 0 bridgehead atoms. The van der Waals surface area contributed by atoms with Crippen molar-refractivity contribution in [3.63, 3.8) is 0 Å². The molecule has 128 valence electrons. The van der Waals surface area contributed by atoms with E-state index in [-0.39, 0.29) is 5.91 Å². The molecule has 0 fully saturated rings. The zero-order chi connectivity index (χ0) is 17.6. The predicted octanol–water partition coefficient (Wildman–Crippen LogP) is 3.03. The van der Waals surface area contributed by atoms with Crippen LogP contribution in [0, 0.1) is 12.8 Å². The lowest BCUT2D eigenvalue weighted by molar-refractivity contribution is 0.1000. The molecule has 6 nitrogen and oxygen atoms in total. The number of nitrogens with zero attached hydrogens (tertiary/aromatic N) is 2. The van der Waals surface area contributed by atoms with Crippen LogP contribution >= 0.6 is 27.3 Å². The summed E-state index contributed by atoms with van der Waals surface area (Å²) in [5, 5.41) is 7.63. The Morgan fingerprint density at radius 2 is 2.17 bits per heavy atom. The Bertz CT molecular complexity index is 840. The Kier molecular flexibility index (Phi) is 4.52. The molecule has 0 spiro atoms. The van der Waals surface area contributed by atoms with Gasteiger partial charge in [-0.3, -0.25) is 14.3 Å². The van der Waals surface area contributed by atoms with Crippen molar-refractivity contribution in [1.29, 1.82) is 0 Å². The quantitative estimate of drug-likeness (QED) is 0.814. The third kappa shape index (κ3) is 2.88. The van der Waals surface area contributed by atoms with Crippen LogP contribution in [-0.2, 0) is 19.9 Å². The third-order valence-corrected chi connectivity index (χ3v) is 6.47. The van der Waals surface area contributed by atoms with E-state index in [9.17, 15) is 9.59 Å². The second kappa shape index (κ2) is 6.33. The van der Waals surface area contributed by atoms with Gasteiger partial charge in [0.2, 0.25) is 0 Å². The van der Waals surface area contributed by atoms with Crippen molar-refractivity contribution >= 4 is 44.1 Å². The van der Waals surface area contributed by atoms with E-state index in [1.807, 2.05) is 6.92 Å². The van der Waals surface area contributed by atoms with Crippen LogP contribution in [0.4, 0.5) is 5.00 Å². The molecule has 1 aliphatic carbocycles. The van der Waals surface area contributed by atoms with Gasteiger partial charge in [-0.1, -0.05) is 6.92 Å². The van der Waals surface area contributed by atoms with E-state index < -0.39 is 5.91 Å². The Hall–Kier alpha value is -1.67. The van der Waals surface area contributed by atoms with Crippen molar-refractivity contribution in [2.45, 2.75) is 33.1 Å². The molecule has 0 radical (unpaired) electrons. The van der Waals surface area contributed by atoms with Crippen LogP contribution in [0.25, 0.3) is 0 Å². The van der Waals surface area contributed by atoms with Gasteiger partial charge in [0.1, 0.15) is 10.7 Å². The lowest BCUT2D eigenvalue weighted by Crippen LogP contribution is -2.20. The van der Waals surface area contributed by atoms with Gasteiger partial charge in [0.05, 0.1) is 15.7 Å². The molecule has 8 heteroatoms. The summed E-state index contributed by atoms with van der Waals surface area (Å²) < 4.78 is 2.17. The molecule has 3 N–H and O–H groups in total. The number of hydrogen-bond acceptors (Lipinski definition) is 4. The largest absolute Gasteiger partial charge is 0.365 e. The number of anilines is 1. The summed E-state index contributed by atoms with van der Waals surface area (Å²) in [6, 6.07) is 0. The molecular weight excluding hydrogens is 392 g/mol. The van der Waals surface area contributed by atoms with Crippen LogP contribution in [-0.4, -0.2) is 21.6 Å². The number of hydrogen-bond donors (Lipinski definition) is 2. The molecule has 0 aromatic carbocycles. The van der Waals surface area contributed by atoms with Crippen LogP contribution < -0.4 is 11.1 Å². The summed E-state index contributed by atoms with van der Waals surface area (Å²) in [5.74, 6) is -0.217. The molecule has 2 aromatic heterocycles. The predicted molar refractivity (Wildman–Crippen MR) is 97.6 cm³/mol. The van der Waals surface area contributed by atoms with Crippen LogP contribution in [0.2, 0.25) is 0 Å². The number of fused-ring (bicyclic) bond motifs is 1. The van der Waals surface area contributed by atoms with Crippen molar-refractivity contribution in [3.05, 3.63) is 31.9 Å². The van der Waals surface area contributed by atoms with E-state index in [0.717, 1.165) is 35.4 Å². The van der Waals surface area contributed by atoms with Gasteiger partial charge < -0.3 is 11.1 Å². The Labute approximate surface area is 152 Å². The van der Waals surface area contributed by atoms with Gasteiger partial charge in [0.15, 0.2) is 0 Å². The number of thiophene rings is 1. The summed E-state index contributed by atoms with van der Waals surface area (Å²) in [5.41, 5.74) is 8.20. The van der Waals surface area contributed by atoms with Crippen LogP contribution in [0.3, 0.4) is 0 Å². The van der Waals surface area contributed by atoms with Crippen molar-refractivity contribution in [3.8, 4) is 0 Å². The first-order chi connectivity index (χ1) is 11.3. The van der Waals surface area contributed by atoms with Crippen molar-refractivity contribution in [1.82, 2.24) is 9.78 Å². The molecule has 0 aliphatic heterocycles. The number of carbonyl (C=O) groups is 2. The fourth-order valence-electron chi connectivity index (χ4n) is 3.14. The van der Waals surface area contributed by atoms with E-state index >= 15 is 0 Å². The second-order valence-corrected chi connectivity index (χ2v) is 8.14. The van der Waals surface area contributed by atoms with E-state index in [4.69, 9.17) is 5.73 Å². The number of halogens is 1. The van der Waals surface area contributed by atoms with Crippen molar-refractivity contribution in [2.24, 2.45) is 18.7 Å². The lowest BCUT2D eigenvalue weighted by atomic mass is 9.88. The number of primary amides is 1. The summed E-state index contributed by atoms with van der Waals surface area (Å²) in [7, 11) is 1.71. The first-order valence-corrected chi connectivity index (χ1v) is 9.35. The molecule has 1 aliphatic rings. The highest BCUT2D eigenvalue weighted by Gasteiger charge is 2.28. The molecular formula is C16H19BrN4O2S. The van der Waals surface area contributed by atoms with Gasteiger partial charge in [-0.2, -0.15) is 5.10 Å². The number of rotatable bonds is 3. The van der Waals surface area contributed by atoms with Crippen LogP contribution in [0.1, 0.15) is 50.3 Å². The van der Waals surface area contributed by atoms with Crippen molar-refractivity contribution < 1.29 is 9.59 Å². The van der Waals surface area contributed by atoms with Gasteiger partial charge in [-0.05, 0) is 53.6 Å². The van der Waals surface area contributed by atoms with E-state index in [1.165, 1.54) is 16.0 Å². The van der Waals surface area contributed by atoms with Gasteiger partial charge >= 0.3 is 0 Å². The zero-order valence-corrected chi connectivity index (χ0v) is 16.2. The average Bonchev–Trinajstić information content (AvgIpc) is 2.95. The summed E-state index contributed by atoms with van der Waals surface area (Å²) in [6.07, 6.45) is 2.78. The maximum Gasteiger partial charge on any atom is 0.275 e. The van der Waals surface area contributed by atoms with Crippen LogP contribution in [0.5, 0.6) is 0 Å². The van der Waals surface area contributed by atoms with Crippen LogP contribution in [0.15, 0.2) is 4.47 Å². The smallest absolute Gasteiger partial charge is 0.275 e. The van der Waals surface area contributed by atoms with Gasteiger partial charge in [-0.15, -0.1) is 11.3 Å². The zero-order valence-electron chi connectivity index (χ0n) is 13.8. The van der Waals surface area contributed by atoms with Gasteiger partial charge in [-0.25, -0.2) is 0 Å². The first-order valence-electron chi connectivity index (χ1n) is 7.74. The van der Waals surface area contributed by atoms with Gasteiger partial charge in [0, 0.05) is 11.9 Å². The van der Waals surface area contributed by atoms with E-state index in [1.54, 1.807) is 7.05 Å². The molecule has 2 heterocycles. The molecule has 3 rings (SSSR count). The number of aryl methyl sites for hydroxylation is 2. The Balaban J connectivity index is 1.98. The number of nitrogens with one attached hydrogen (secondary N) is 1. The summed E-state index contributed by atoms with van der Waals surface area (Å²) >= 11 is 4.85. The number of aromatic nitrogens is 2. The molecule has 1 atom stereocenters. The highest BCUT2D eigenvalue weighted by atomic mass is 79.9. The normalized spacial score (nSPS) is 16.8. The Morgan fingerprint density at radius 1 is 1.46 bits per heavy atom. The second-order valence-electron chi connectivity index (χ2n) is 6.25. The minimum Gasteiger partial charge on any atom is -0.365 e. The fraction of sp³-hybridized carbons (Fsp3) is 0.438. The molecule has 0 saturated heterocycles. The SMILES string of the molecule is Cc1nn(C)c(C(=O)Nc2sc3c(c2C(N)=O)CCC(C)C3)c1Br. The molecule has 24 heavy (non-hydrogen) atoms. The highest BCUT2D eigenvalue weighted by molar-refractivity contribution is 9.10. The minimum atomic E-state index is -0.488. The monoisotopic (exact) mass is 410 g/mol. The summed E-state index contributed by atoms with van der Waals surface area (Å²) in [4.78, 5) is 25.8. The fourth-order valence-corrected chi connectivity index (χ4v) is 5.07. The minimum absolute atomic E-state index is 0.306. The molecule has 1 unspecified atom stereocenters. The molecule has 2 amide bonds. The summed E-state index contributed by atoms with van der Waals surface area (Å²) in [6.45, 7) is 4.02. The molecule has 0 saturated carbocycles. The average molecular weight is 411 g/mol. The highest BCUT2D eigenvalue weighted by Crippen LogP contribution is 2.39. The third-order valence-electron chi connectivity index (χ3n) is 4.35. The first kappa shape index (κ1) is 17.2.